The van der Waals surface area contributed by atoms with E-state index in [9.17, 15) is 0 Å². The summed E-state index contributed by atoms with van der Waals surface area (Å²) < 4.78 is 5.14. The number of ether oxygens (including phenoxy) is 1. The molecule has 90 valence electrons. The van der Waals surface area contributed by atoms with Crippen molar-refractivity contribution in [3.05, 3.63) is 48.0 Å². The molecule has 0 amide bonds. The summed E-state index contributed by atoms with van der Waals surface area (Å²) in [6, 6.07) is 14.5. The van der Waals surface area contributed by atoms with Crippen molar-refractivity contribution in [2.24, 2.45) is 0 Å². The number of halogens is 1. The van der Waals surface area contributed by atoms with Gasteiger partial charge < -0.3 is 4.74 Å². The Hall–Kier alpha value is -1.54. The molecule has 0 fully saturated rings. The molecule has 0 aliphatic heterocycles. The van der Waals surface area contributed by atoms with Crippen molar-refractivity contribution in [1.82, 2.24) is 0 Å². The van der Waals surface area contributed by atoms with E-state index in [4.69, 9.17) is 10.1 Å². The van der Waals surface area contributed by atoms with Gasteiger partial charge in [0.1, 0.15) is 0 Å². The maximum absolute atomic E-state index is 7.61. The molecule has 3 heteroatoms. The van der Waals surface area contributed by atoms with Crippen LogP contribution in [-0.2, 0) is 11.2 Å². The van der Waals surface area contributed by atoms with E-state index in [1.807, 2.05) is 19.1 Å². The first-order valence-corrected chi connectivity index (χ1v) is 5.47. The molecule has 2 aromatic rings. The lowest BCUT2D eigenvalue weighted by Crippen LogP contribution is -2.06. The molecule has 0 aromatic heterocycles. The van der Waals surface area contributed by atoms with Crippen LogP contribution >= 0.6 is 12.4 Å². The van der Waals surface area contributed by atoms with E-state index in [2.05, 4.69) is 30.3 Å². The highest BCUT2D eigenvalue weighted by molar-refractivity contribution is 5.85. The van der Waals surface area contributed by atoms with Crippen LogP contribution in [0.3, 0.4) is 0 Å². The summed E-state index contributed by atoms with van der Waals surface area (Å²) >= 11 is 0. The number of rotatable bonds is 3. The third-order valence-electron chi connectivity index (χ3n) is 2.50. The summed E-state index contributed by atoms with van der Waals surface area (Å²) in [5, 5.41) is 10.1. The average molecular weight is 250 g/mol. The molecule has 0 atom stereocenters. The van der Waals surface area contributed by atoms with Crippen LogP contribution in [0.25, 0.3) is 10.8 Å². The topological polar surface area (TPSA) is 33.1 Å². The highest BCUT2D eigenvalue weighted by atomic mass is 35.5. The Morgan fingerprint density at radius 2 is 1.82 bits per heavy atom. The molecule has 2 aromatic carbocycles. The van der Waals surface area contributed by atoms with Crippen molar-refractivity contribution in [1.29, 1.82) is 5.41 Å². The second kappa shape index (κ2) is 6.26. The summed E-state index contributed by atoms with van der Waals surface area (Å²) in [5.74, 6) is 0.331. The van der Waals surface area contributed by atoms with Crippen LogP contribution in [0, 0.1) is 5.41 Å². The van der Waals surface area contributed by atoms with Crippen LogP contribution in [0.5, 0.6) is 0 Å². The van der Waals surface area contributed by atoms with E-state index in [-0.39, 0.29) is 12.4 Å². The molecule has 0 aliphatic rings. The molecule has 0 radical (unpaired) electrons. The lowest BCUT2D eigenvalue weighted by molar-refractivity contribution is 0.317. The number of nitrogens with one attached hydrogen (secondary N) is 1. The fourth-order valence-corrected chi connectivity index (χ4v) is 1.76. The summed E-state index contributed by atoms with van der Waals surface area (Å²) in [5.41, 5.74) is 1.12. The van der Waals surface area contributed by atoms with Gasteiger partial charge in [-0.25, -0.2) is 0 Å². The van der Waals surface area contributed by atoms with Crippen molar-refractivity contribution in [3.8, 4) is 0 Å². The van der Waals surface area contributed by atoms with Gasteiger partial charge in [-0.05, 0) is 23.3 Å². The summed E-state index contributed by atoms with van der Waals surface area (Å²) in [6.45, 7) is 2.46. The van der Waals surface area contributed by atoms with E-state index >= 15 is 0 Å². The van der Waals surface area contributed by atoms with Crippen LogP contribution in [0.4, 0.5) is 0 Å². The lowest BCUT2D eigenvalue weighted by atomic mass is 10.1. The minimum absolute atomic E-state index is 0. The third kappa shape index (κ3) is 3.46. The molecule has 17 heavy (non-hydrogen) atoms. The predicted octanol–water partition coefficient (Wildman–Crippen LogP) is 3.82. The zero-order valence-corrected chi connectivity index (χ0v) is 10.6. The maximum Gasteiger partial charge on any atom is 0.184 e. The minimum atomic E-state index is 0. The zero-order chi connectivity index (χ0) is 11.4. The maximum atomic E-state index is 7.61. The Bertz CT molecular complexity index is 510. The Kier molecular flexibility index (Phi) is 4.98. The molecule has 0 saturated carbocycles. The Morgan fingerprint density at radius 1 is 1.12 bits per heavy atom. The smallest absolute Gasteiger partial charge is 0.184 e. The monoisotopic (exact) mass is 249 g/mol. The SMILES string of the molecule is CCOC(=N)Cc1ccc2ccccc2c1.Cl. The summed E-state index contributed by atoms with van der Waals surface area (Å²) in [4.78, 5) is 0. The largest absolute Gasteiger partial charge is 0.481 e. The zero-order valence-electron chi connectivity index (χ0n) is 9.77. The van der Waals surface area contributed by atoms with Gasteiger partial charge in [0.05, 0.1) is 6.61 Å². The van der Waals surface area contributed by atoms with Crippen LogP contribution in [0.2, 0.25) is 0 Å². The fraction of sp³-hybridized carbons (Fsp3) is 0.214. The molecule has 0 aliphatic carbocycles. The Labute approximate surface area is 108 Å². The van der Waals surface area contributed by atoms with Crippen LogP contribution in [-0.4, -0.2) is 12.5 Å². The van der Waals surface area contributed by atoms with Crippen molar-refractivity contribution < 1.29 is 4.74 Å². The highest BCUT2D eigenvalue weighted by Crippen LogP contribution is 2.16. The molecule has 0 saturated heterocycles. The van der Waals surface area contributed by atoms with E-state index in [1.165, 1.54) is 10.8 Å². The van der Waals surface area contributed by atoms with Gasteiger partial charge in [-0.15, -0.1) is 12.4 Å². The first kappa shape index (κ1) is 13.5. The second-order valence-corrected chi connectivity index (χ2v) is 3.71. The van der Waals surface area contributed by atoms with Crippen molar-refractivity contribution in [2.45, 2.75) is 13.3 Å². The van der Waals surface area contributed by atoms with Gasteiger partial charge in [-0.1, -0.05) is 42.5 Å². The third-order valence-corrected chi connectivity index (χ3v) is 2.50. The first-order chi connectivity index (χ1) is 7.79. The predicted molar refractivity (Wildman–Crippen MR) is 74.3 cm³/mol. The Balaban J connectivity index is 0.00000144. The molecule has 0 heterocycles. The average Bonchev–Trinajstić information content (AvgIpc) is 2.29. The molecule has 0 spiro atoms. The van der Waals surface area contributed by atoms with E-state index in [0.717, 1.165) is 5.56 Å². The van der Waals surface area contributed by atoms with Crippen LogP contribution < -0.4 is 0 Å². The molecule has 0 bridgehead atoms. The summed E-state index contributed by atoms with van der Waals surface area (Å²) in [7, 11) is 0. The van der Waals surface area contributed by atoms with Gasteiger partial charge in [0.15, 0.2) is 5.90 Å². The molecule has 2 nitrogen and oxygen atoms in total. The fourth-order valence-electron chi connectivity index (χ4n) is 1.76. The van der Waals surface area contributed by atoms with Crippen molar-refractivity contribution in [3.63, 3.8) is 0 Å². The number of benzene rings is 2. The number of hydrogen-bond donors (Lipinski definition) is 1. The van der Waals surface area contributed by atoms with Gasteiger partial charge in [-0.3, -0.25) is 5.41 Å². The van der Waals surface area contributed by atoms with Gasteiger partial charge >= 0.3 is 0 Å². The Morgan fingerprint density at radius 3 is 2.53 bits per heavy atom. The molecular formula is C14H16ClNO. The van der Waals surface area contributed by atoms with Crippen LogP contribution in [0.1, 0.15) is 12.5 Å². The van der Waals surface area contributed by atoms with Gasteiger partial charge in [0.25, 0.3) is 0 Å². The van der Waals surface area contributed by atoms with Crippen molar-refractivity contribution >= 4 is 29.1 Å². The second-order valence-electron chi connectivity index (χ2n) is 3.71. The highest BCUT2D eigenvalue weighted by Gasteiger charge is 2.00. The first-order valence-electron chi connectivity index (χ1n) is 5.47. The normalized spacial score (nSPS) is 9.71. The molecule has 0 unspecified atom stereocenters. The summed E-state index contributed by atoms with van der Waals surface area (Å²) in [6.07, 6.45) is 0.568. The molecule has 1 N–H and O–H groups in total. The van der Waals surface area contributed by atoms with Gasteiger partial charge in [0, 0.05) is 6.42 Å². The van der Waals surface area contributed by atoms with E-state index in [0.29, 0.717) is 18.9 Å². The molecular weight excluding hydrogens is 234 g/mol. The van der Waals surface area contributed by atoms with Gasteiger partial charge in [-0.2, -0.15) is 0 Å². The molecule has 2 rings (SSSR count). The minimum Gasteiger partial charge on any atom is -0.481 e. The number of fused-ring (bicyclic) bond motifs is 1. The van der Waals surface area contributed by atoms with Gasteiger partial charge in [0.2, 0.25) is 0 Å². The van der Waals surface area contributed by atoms with Crippen molar-refractivity contribution in [2.75, 3.05) is 6.61 Å². The number of hydrogen-bond acceptors (Lipinski definition) is 2. The standard InChI is InChI=1S/C14H15NO.ClH/c1-2-16-14(15)10-11-7-8-12-5-3-4-6-13(12)9-11;/h3-9,15H,2,10H2,1H3;1H. The van der Waals surface area contributed by atoms with Crippen LogP contribution in [0.15, 0.2) is 42.5 Å². The van der Waals surface area contributed by atoms with E-state index < -0.39 is 0 Å². The lowest BCUT2D eigenvalue weighted by Gasteiger charge is -2.06. The quantitative estimate of drug-likeness (QED) is 0.651. The van der Waals surface area contributed by atoms with E-state index in [1.54, 1.807) is 0 Å².